The Morgan fingerprint density at radius 1 is 1.19 bits per heavy atom. The van der Waals surface area contributed by atoms with Crippen LogP contribution in [0.25, 0.3) is 0 Å². The van der Waals surface area contributed by atoms with Crippen molar-refractivity contribution in [1.29, 1.82) is 0 Å². The first-order valence-electron chi connectivity index (χ1n) is 11.2. The number of morpholine rings is 1. The Balaban J connectivity index is 1.29. The van der Waals surface area contributed by atoms with Gasteiger partial charge in [0, 0.05) is 51.9 Å². The Morgan fingerprint density at radius 3 is 2.81 bits per heavy atom. The summed E-state index contributed by atoms with van der Waals surface area (Å²) in [5.74, 6) is 1.29. The minimum absolute atomic E-state index is 0.248. The van der Waals surface area contributed by atoms with E-state index in [1.807, 2.05) is 22.7 Å². The third kappa shape index (κ3) is 6.08. The largest absolute Gasteiger partial charge is 0.379 e. The predicted octanol–water partition coefficient (Wildman–Crippen LogP) is 2.14. The molecule has 0 bridgehead atoms. The molecule has 1 amide bonds. The van der Waals surface area contributed by atoms with Gasteiger partial charge in [-0.05, 0) is 19.8 Å². The molecule has 2 saturated heterocycles. The Kier molecular flexibility index (Phi) is 7.77. The molecule has 11 heteroatoms. The van der Waals surface area contributed by atoms with Crippen molar-refractivity contribution in [3.8, 4) is 0 Å². The summed E-state index contributed by atoms with van der Waals surface area (Å²) in [6.07, 6.45) is 6.03. The zero-order valence-corrected chi connectivity index (χ0v) is 19.3. The second-order valence-electron chi connectivity index (χ2n) is 8.13. The number of aryl methyl sites for hydroxylation is 1. The zero-order valence-electron chi connectivity index (χ0n) is 18.5. The van der Waals surface area contributed by atoms with Crippen LogP contribution in [0.1, 0.15) is 25.0 Å². The summed E-state index contributed by atoms with van der Waals surface area (Å²) in [6, 6.07) is 0. The second-order valence-corrected chi connectivity index (χ2v) is 8.53. The van der Waals surface area contributed by atoms with Gasteiger partial charge >= 0.3 is 0 Å². The number of anilines is 3. The smallest absolute Gasteiger partial charge is 0.229 e. The number of nitrogens with one attached hydrogen (secondary N) is 2. The number of ether oxygens (including phenoxy) is 1. The molecule has 0 unspecified atom stereocenters. The molecule has 2 fully saturated rings. The highest BCUT2D eigenvalue weighted by molar-refractivity contribution is 6.32. The molecule has 32 heavy (non-hydrogen) atoms. The average molecular weight is 463 g/mol. The van der Waals surface area contributed by atoms with Crippen LogP contribution in [-0.2, 0) is 16.1 Å². The molecule has 4 rings (SSSR count). The average Bonchev–Trinajstić information content (AvgIpc) is 3.37. The van der Waals surface area contributed by atoms with E-state index >= 15 is 0 Å². The second kappa shape index (κ2) is 10.9. The van der Waals surface area contributed by atoms with Crippen molar-refractivity contribution >= 4 is 35.0 Å². The Bertz CT molecular complexity index is 915. The lowest BCUT2D eigenvalue weighted by Crippen LogP contribution is -2.38. The number of nitrogens with zero attached hydrogens (tertiary/aromatic N) is 6. The van der Waals surface area contributed by atoms with Crippen LogP contribution in [-0.4, -0.2) is 87.9 Å². The molecule has 2 N–H and O–H groups in total. The predicted molar refractivity (Wildman–Crippen MR) is 123 cm³/mol. The van der Waals surface area contributed by atoms with E-state index in [4.69, 9.17) is 16.3 Å². The van der Waals surface area contributed by atoms with Crippen LogP contribution in [0.15, 0.2) is 12.4 Å². The SMILES string of the molecule is Cc1nn(CCN2CCOCC2)cc1Nc1ncc(Cl)c(NCCCN2CCCC2=O)n1. The summed E-state index contributed by atoms with van der Waals surface area (Å²) in [7, 11) is 0. The summed E-state index contributed by atoms with van der Waals surface area (Å²) in [6.45, 7) is 9.54. The van der Waals surface area contributed by atoms with Crippen LogP contribution in [0.5, 0.6) is 0 Å². The van der Waals surface area contributed by atoms with E-state index in [2.05, 4.69) is 30.6 Å². The van der Waals surface area contributed by atoms with Gasteiger partial charge in [0.25, 0.3) is 0 Å². The van der Waals surface area contributed by atoms with Crippen molar-refractivity contribution in [2.45, 2.75) is 32.7 Å². The molecule has 4 heterocycles. The molecular formula is C21H31ClN8O2. The third-order valence-corrected chi connectivity index (χ3v) is 6.03. The van der Waals surface area contributed by atoms with Crippen molar-refractivity contribution in [1.82, 2.24) is 29.5 Å². The van der Waals surface area contributed by atoms with Crippen molar-refractivity contribution in [2.75, 3.05) is 63.1 Å². The van der Waals surface area contributed by atoms with E-state index in [0.717, 1.165) is 76.7 Å². The van der Waals surface area contributed by atoms with Gasteiger partial charge in [0.15, 0.2) is 0 Å². The Morgan fingerprint density at radius 2 is 2.03 bits per heavy atom. The van der Waals surface area contributed by atoms with Crippen molar-refractivity contribution in [3.05, 3.63) is 23.1 Å². The quantitative estimate of drug-likeness (QED) is 0.518. The van der Waals surface area contributed by atoms with Gasteiger partial charge in [0.2, 0.25) is 11.9 Å². The number of hydrogen-bond donors (Lipinski definition) is 2. The fraction of sp³-hybridized carbons (Fsp3) is 0.619. The van der Waals surface area contributed by atoms with Crippen molar-refractivity contribution in [3.63, 3.8) is 0 Å². The van der Waals surface area contributed by atoms with E-state index in [9.17, 15) is 4.79 Å². The minimum Gasteiger partial charge on any atom is -0.379 e. The maximum absolute atomic E-state index is 11.7. The highest BCUT2D eigenvalue weighted by Gasteiger charge is 2.19. The number of carbonyl (C=O) groups excluding carboxylic acids is 1. The molecule has 2 aromatic rings. The number of halogens is 1. The molecular weight excluding hydrogens is 432 g/mol. The Hall–Kier alpha value is -2.43. The van der Waals surface area contributed by atoms with Crippen LogP contribution in [0, 0.1) is 6.92 Å². The monoisotopic (exact) mass is 462 g/mol. The molecule has 0 atom stereocenters. The van der Waals surface area contributed by atoms with Gasteiger partial charge in [-0.2, -0.15) is 10.1 Å². The lowest BCUT2D eigenvalue weighted by molar-refractivity contribution is -0.127. The summed E-state index contributed by atoms with van der Waals surface area (Å²) in [4.78, 5) is 24.8. The van der Waals surface area contributed by atoms with Gasteiger partial charge in [0.05, 0.1) is 37.3 Å². The highest BCUT2D eigenvalue weighted by Crippen LogP contribution is 2.23. The van der Waals surface area contributed by atoms with E-state index < -0.39 is 0 Å². The van der Waals surface area contributed by atoms with Crippen LogP contribution in [0.3, 0.4) is 0 Å². The maximum atomic E-state index is 11.7. The van der Waals surface area contributed by atoms with Crippen molar-refractivity contribution < 1.29 is 9.53 Å². The highest BCUT2D eigenvalue weighted by atomic mass is 35.5. The summed E-state index contributed by atoms with van der Waals surface area (Å²) < 4.78 is 7.35. The molecule has 0 saturated carbocycles. The molecule has 2 aromatic heterocycles. The molecule has 174 valence electrons. The number of aromatic nitrogens is 4. The van der Waals surface area contributed by atoms with E-state index in [0.29, 0.717) is 29.8 Å². The lowest BCUT2D eigenvalue weighted by Gasteiger charge is -2.26. The number of likely N-dealkylation sites (tertiary alicyclic amines) is 1. The van der Waals surface area contributed by atoms with Crippen LogP contribution < -0.4 is 10.6 Å². The van der Waals surface area contributed by atoms with Gasteiger partial charge in [0.1, 0.15) is 10.8 Å². The number of amides is 1. The molecule has 0 spiro atoms. The summed E-state index contributed by atoms with van der Waals surface area (Å²) >= 11 is 6.27. The van der Waals surface area contributed by atoms with Crippen LogP contribution >= 0.6 is 11.6 Å². The minimum atomic E-state index is 0.248. The molecule has 0 radical (unpaired) electrons. The van der Waals surface area contributed by atoms with Crippen LogP contribution in [0.2, 0.25) is 5.02 Å². The van der Waals surface area contributed by atoms with E-state index in [-0.39, 0.29) is 5.91 Å². The molecule has 0 aliphatic carbocycles. The first kappa shape index (κ1) is 22.8. The lowest BCUT2D eigenvalue weighted by atomic mass is 10.4. The first-order valence-corrected chi connectivity index (χ1v) is 11.6. The van der Waals surface area contributed by atoms with Crippen molar-refractivity contribution in [2.24, 2.45) is 0 Å². The van der Waals surface area contributed by atoms with E-state index in [1.165, 1.54) is 0 Å². The normalized spacial score (nSPS) is 17.2. The van der Waals surface area contributed by atoms with Crippen LogP contribution in [0.4, 0.5) is 17.5 Å². The topological polar surface area (TPSA) is 100 Å². The van der Waals surface area contributed by atoms with Gasteiger partial charge in [-0.3, -0.25) is 14.4 Å². The first-order chi connectivity index (χ1) is 15.6. The number of rotatable bonds is 10. The molecule has 2 aliphatic heterocycles. The number of carbonyl (C=O) groups is 1. The number of hydrogen-bond acceptors (Lipinski definition) is 8. The summed E-state index contributed by atoms with van der Waals surface area (Å²) in [5, 5.41) is 11.6. The standard InChI is InChI=1S/C21H31ClN8O2/c1-16-18(15-30(27-16)9-8-28-10-12-32-13-11-28)25-21-24-14-17(22)20(26-21)23-5-3-7-29-6-2-4-19(29)31/h14-15H,2-13H2,1H3,(H2,23,24,25,26). The van der Waals surface area contributed by atoms with E-state index in [1.54, 1.807) is 6.20 Å². The van der Waals surface area contributed by atoms with Gasteiger partial charge in [-0.25, -0.2) is 4.98 Å². The maximum Gasteiger partial charge on any atom is 0.229 e. The fourth-order valence-corrected chi connectivity index (χ4v) is 4.07. The summed E-state index contributed by atoms with van der Waals surface area (Å²) in [5.41, 5.74) is 1.75. The van der Waals surface area contributed by atoms with Gasteiger partial charge in [-0.1, -0.05) is 11.6 Å². The Labute approximate surface area is 193 Å². The zero-order chi connectivity index (χ0) is 22.3. The fourth-order valence-electron chi connectivity index (χ4n) is 3.91. The molecule has 2 aliphatic rings. The van der Waals surface area contributed by atoms with Gasteiger partial charge in [-0.15, -0.1) is 0 Å². The molecule has 0 aromatic carbocycles. The molecule has 10 nitrogen and oxygen atoms in total. The third-order valence-electron chi connectivity index (χ3n) is 5.75. The van der Waals surface area contributed by atoms with Gasteiger partial charge < -0.3 is 20.3 Å².